The fourth-order valence-corrected chi connectivity index (χ4v) is 4.08. The molecule has 0 saturated heterocycles. The Morgan fingerprint density at radius 3 is 2.56 bits per heavy atom. The Hall–Kier alpha value is -2.48. The number of ether oxygens (including phenoxy) is 2. The number of nitrogens with one attached hydrogen (secondary N) is 1. The van der Waals surface area contributed by atoms with Gasteiger partial charge in [-0.2, -0.15) is 5.10 Å². The number of rotatable bonds is 9. The maximum Gasteiger partial charge on any atom is 0.250 e. The van der Waals surface area contributed by atoms with Gasteiger partial charge < -0.3 is 9.47 Å². The molecule has 0 aliphatic rings. The number of halogens is 2. The summed E-state index contributed by atoms with van der Waals surface area (Å²) in [5.41, 5.74) is 5.55. The van der Waals surface area contributed by atoms with Crippen LogP contribution in [0.15, 0.2) is 75.1 Å². The average Bonchev–Trinajstić information content (AvgIpc) is 2.79. The van der Waals surface area contributed by atoms with E-state index in [-0.39, 0.29) is 11.7 Å². The molecule has 0 bridgehead atoms. The van der Waals surface area contributed by atoms with Crippen LogP contribution >= 0.6 is 39.3 Å². The Kier molecular flexibility index (Phi) is 9.02. The van der Waals surface area contributed by atoms with Crippen LogP contribution in [0.5, 0.6) is 11.5 Å². The second kappa shape index (κ2) is 11.9. The predicted octanol–water partition coefficient (Wildman–Crippen LogP) is 6.24. The van der Waals surface area contributed by atoms with Gasteiger partial charge in [-0.25, -0.2) is 5.43 Å². The number of amides is 1. The van der Waals surface area contributed by atoms with Crippen LogP contribution < -0.4 is 14.9 Å². The lowest BCUT2D eigenvalue weighted by Crippen LogP contribution is -2.19. The number of nitrogens with zero attached hydrogens (tertiary/aromatic N) is 1. The van der Waals surface area contributed by atoms with Crippen molar-refractivity contribution in [1.82, 2.24) is 5.43 Å². The molecule has 0 saturated carbocycles. The van der Waals surface area contributed by atoms with Crippen LogP contribution in [0, 0.1) is 6.92 Å². The molecule has 0 aliphatic heterocycles. The Morgan fingerprint density at radius 1 is 1.16 bits per heavy atom. The summed E-state index contributed by atoms with van der Waals surface area (Å²) in [5.74, 6) is 1.22. The molecule has 3 rings (SSSR count). The fraction of sp³-hybridized carbons (Fsp3) is 0.167. The van der Waals surface area contributed by atoms with Crippen LogP contribution in [0.3, 0.4) is 0 Å². The highest BCUT2D eigenvalue weighted by atomic mass is 79.9. The van der Waals surface area contributed by atoms with E-state index in [0.29, 0.717) is 23.1 Å². The number of thioether (sulfide) groups is 1. The molecule has 32 heavy (non-hydrogen) atoms. The van der Waals surface area contributed by atoms with Crippen LogP contribution in [0.1, 0.15) is 16.7 Å². The Labute approximate surface area is 205 Å². The summed E-state index contributed by atoms with van der Waals surface area (Å²) < 4.78 is 12.2. The second-order valence-corrected chi connectivity index (χ2v) is 9.18. The van der Waals surface area contributed by atoms with Crippen molar-refractivity contribution in [2.45, 2.75) is 18.4 Å². The molecule has 0 aliphatic carbocycles. The van der Waals surface area contributed by atoms with Crippen molar-refractivity contribution in [1.29, 1.82) is 0 Å². The number of carbonyl (C=O) groups is 1. The molecule has 8 heteroatoms. The maximum atomic E-state index is 12.0. The highest BCUT2D eigenvalue weighted by molar-refractivity contribution is 9.10. The van der Waals surface area contributed by atoms with E-state index in [0.717, 1.165) is 20.5 Å². The number of methoxy groups -OCH3 is 1. The Balaban J connectivity index is 1.57. The lowest BCUT2D eigenvalue weighted by atomic mass is 10.2. The number of aryl methyl sites for hydroxylation is 1. The zero-order valence-corrected chi connectivity index (χ0v) is 20.8. The summed E-state index contributed by atoms with van der Waals surface area (Å²) in [6.07, 6.45) is 1.56. The van der Waals surface area contributed by atoms with Gasteiger partial charge in [-0.3, -0.25) is 4.79 Å². The highest BCUT2D eigenvalue weighted by Crippen LogP contribution is 2.36. The third-order valence-corrected chi connectivity index (χ3v) is 6.20. The zero-order valence-electron chi connectivity index (χ0n) is 17.6. The van der Waals surface area contributed by atoms with Gasteiger partial charge in [-0.1, -0.05) is 41.4 Å². The van der Waals surface area contributed by atoms with Crippen molar-refractivity contribution in [2.24, 2.45) is 5.10 Å². The summed E-state index contributed by atoms with van der Waals surface area (Å²) >= 11 is 10.8. The monoisotopic (exact) mass is 532 g/mol. The van der Waals surface area contributed by atoms with Gasteiger partial charge in [0.05, 0.1) is 23.5 Å². The Morgan fingerprint density at radius 2 is 1.88 bits per heavy atom. The molecule has 3 aromatic carbocycles. The maximum absolute atomic E-state index is 12.0. The largest absolute Gasteiger partial charge is 0.493 e. The fourth-order valence-electron chi connectivity index (χ4n) is 2.68. The molecule has 0 aromatic heterocycles. The first-order valence-electron chi connectivity index (χ1n) is 9.71. The lowest BCUT2D eigenvalue weighted by molar-refractivity contribution is -0.118. The minimum Gasteiger partial charge on any atom is -0.493 e. The highest BCUT2D eigenvalue weighted by Gasteiger charge is 2.12. The molecule has 1 N–H and O–H groups in total. The molecule has 5 nitrogen and oxygen atoms in total. The van der Waals surface area contributed by atoms with Crippen LogP contribution in [0.2, 0.25) is 5.02 Å². The predicted molar refractivity (Wildman–Crippen MR) is 134 cm³/mol. The van der Waals surface area contributed by atoms with Crippen molar-refractivity contribution in [3.63, 3.8) is 0 Å². The van der Waals surface area contributed by atoms with Crippen molar-refractivity contribution >= 4 is 51.4 Å². The smallest absolute Gasteiger partial charge is 0.250 e. The van der Waals surface area contributed by atoms with Crippen LogP contribution in [-0.2, 0) is 11.4 Å². The first-order chi connectivity index (χ1) is 15.4. The molecule has 1 amide bonds. The van der Waals surface area contributed by atoms with Crippen LogP contribution in [0.4, 0.5) is 0 Å². The van der Waals surface area contributed by atoms with E-state index >= 15 is 0 Å². The molecule has 166 valence electrons. The van der Waals surface area contributed by atoms with Gasteiger partial charge in [0.1, 0.15) is 6.61 Å². The van der Waals surface area contributed by atoms with Gasteiger partial charge in [-0.05, 0) is 70.4 Å². The van der Waals surface area contributed by atoms with E-state index in [1.807, 2.05) is 49.4 Å². The lowest BCUT2D eigenvalue weighted by Gasteiger charge is -2.13. The summed E-state index contributed by atoms with van der Waals surface area (Å²) in [6, 6.07) is 19.1. The average molecular weight is 534 g/mol. The molecule has 0 spiro atoms. The van der Waals surface area contributed by atoms with Crippen molar-refractivity contribution in [3.8, 4) is 11.5 Å². The summed E-state index contributed by atoms with van der Waals surface area (Å²) in [6.45, 7) is 2.47. The number of hydrogen-bond donors (Lipinski definition) is 1. The summed E-state index contributed by atoms with van der Waals surface area (Å²) in [4.78, 5) is 13.0. The van der Waals surface area contributed by atoms with Gasteiger partial charge in [0.25, 0.3) is 0 Å². The van der Waals surface area contributed by atoms with Gasteiger partial charge in [-0.15, -0.1) is 11.8 Å². The van der Waals surface area contributed by atoms with Crippen molar-refractivity contribution in [2.75, 3.05) is 12.9 Å². The van der Waals surface area contributed by atoms with Gasteiger partial charge in [0, 0.05) is 9.92 Å². The molecule has 0 unspecified atom stereocenters. The van der Waals surface area contributed by atoms with E-state index in [1.54, 1.807) is 31.5 Å². The van der Waals surface area contributed by atoms with E-state index in [9.17, 15) is 4.79 Å². The Bertz CT molecular complexity index is 1090. The number of benzene rings is 3. The normalized spacial score (nSPS) is 10.9. The first kappa shape index (κ1) is 24.2. The minimum absolute atomic E-state index is 0.203. The topological polar surface area (TPSA) is 59.9 Å². The third-order valence-electron chi connectivity index (χ3n) is 4.34. The van der Waals surface area contributed by atoms with E-state index < -0.39 is 0 Å². The SMILES string of the molecule is COc1cc(/C=N\NC(=O)CSc2ccc(Cl)cc2)cc(Br)c1OCc1ccc(C)cc1. The number of hydrogen-bond acceptors (Lipinski definition) is 5. The first-order valence-corrected chi connectivity index (χ1v) is 11.9. The summed E-state index contributed by atoms with van der Waals surface area (Å²) in [7, 11) is 1.58. The molecular weight excluding hydrogens is 512 g/mol. The standard InChI is InChI=1S/C24H22BrClN2O3S/c1-16-3-5-17(6-4-16)14-31-24-21(25)11-18(12-22(24)30-2)13-27-28-23(29)15-32-20-9-7-19(26)8-10-20/h3-13H,14-15H2,1-2H3,(H,28,29)/b27-13-. The zero-order chi connectivity index (χ0) is 22.9. The van der Waals surface area contributed by atoms with Gasteiger partial charge in [0.2, 0.25) is 5.91 Å². The van der Waals surface area contributed by atoms with E-state index in [2.05, 4.69) is 26.5 Å². The third kappa shape index (κ3) is 7.29. The molecule has 0 fully saturated rings. The van der Waals surface area contributed by atoms with Crippen molar-refractivity contribution in [3.05, 3.63) is 86.8 Å². The summed E-state index contributed by atoms with van der Waals surface area (Å²) in [5, 5.41) is 4.70. The van der Waals surface area contributed by atoms with Gasteiger partial charge >= 0.3 is 0 Å². The second-order valence-electron chi connectivity index (χ2n) is 6.84. The van der Waals surface area contributed by atoms with Crippen LogP contribution in [0.25, 0.3) is 0 Å². The molecule has 3 aromatic rings. The molecule has 0 radical (unpaired) electrons. The minimum atomic E-state index is -0.203. The molecule has 0 atom stereocenters. The quantitative estimate of drug-likeness (QED) is 0.201. The van der Waals surface area contributed by atoms with E-state index in [1.165, 1.54) is 17.3 Å². The van der Waals surface area contributed by atoms with Crippen LogP contribution in [-0.4, -0.2) is 25.0 Å². The van der Waals surface area contributed by atoms with Crippen molar-refractivity contribution < 1.29 is 14.3 Å². The van der Waals surface area contributed by atoms with Gasteiger partial charge in [0.15, 0.2) is 11.5 Å². The van der Waals surface area contributed by atoms with E-state index in [4.69, 9.17) is 21.1 Å². The number of carbonyl (C=O) groups excluding carboxylic acids is 1. The molecule has 0 heterocycles. The molecular formula is C24H22BrClN2O3S. The number of hydrazone groups is 1.